The number of hydrogen-bond donors (Lipinski definition) is 1. The molecule has 2 rings (SSSR count). The van der Waals surface area contributed by atoms with Crippen LogP contribution in [0, 0.1) is 0 Å². The van der Waals surface area contributed by atoms with Crippen molar-refractivity contribution in [2.24, 2.45) is 0 Å². The van der Waals surface area contributed by atoms with Crippen LogP contribution >= 0.6 is 23.4 Å². The molecule has 2 atom stereocenters. The monoisotopic (exact) mass is 286 g/mol. The van der Waals surface area contributed by atoms with Crippen LogP contribution in [-0.2, 0) is 4.74 Å². The Labute approximate surface area is 118 Å². The first-order valence-corrected chi connectivity index (χ1v) is 7.79. The van der Waals surface area contributed by atoms with Crippen LogP contribution in [-0.4, -0.2) is 29.7 Å². The lowest BCUT2D eigenvalue weighted by Gasteiger charge is -2.24. The summed E-state index contributed by atoms with van der Waals surface area (Å²) >= 11 is 7.68. The van der Waals surface area contributed by atoms with Gasteiger partial charge in [-0.2, -0.15) is 0 Å². The van der Waals surface area contributed by atoms with Gasteiger partial charge in [-0.15, -0.1) is 11.8 Å². The zero-order valence-corrected chi connectivity index (χ0v) is 11.9. The van der Waals surface area contributed by atoms with Crippen molar-refractivity contribution in [3.63, 3.8) is 0 Å². The molecule has 1 aromatic carbocycles. The van der Waals surface area contributed by atoms with E-state index >= 15 is 0 Å². The van der Waals surface area contributed by atoms with Gasteiger partial charge in [-0.05, 0) is 31.4 Å². The molecule has 1 saturated heterocycles. The van der Waals surface area contributed by atoms with Gasteiger partial charge in [0, 0.05) is 23.7 Å². The lowest BCUT2D eigenvalue weighted by Crippen LogP contribution is -2.25. The highest BCUT2D eigenvalue weighted by Gasteiger charge is 2.18. The van der Waals surface area contributed by atoms with E-state index in [4.69, 9.17) is 16.3 Å². The molecule has 0 saturated carbocycles. The van der Waals surface area contributed by atoms with Crippen molar-refractivity contribution in [2.75, 3.05) is 12.4 Å². The smallest absolute Gasteiger partial charge is 0.0658 e. The topological polar surface area (TPSA) is 29.5 Å². The maximum atomic E-state index is 10.0. The summed E-state index contributed by atoms with van der Waals surface area (Å²) in [5.74, 6) is 0.670. The normalized spacial score (nSPS) is 21.8. The number of benzene rings is 1. The molecular formula is C14H19ClO2S. The van der Waals surface area contributed by atoms with Crippen molar-refractivity contribution in [3.05, 3.63) is 29.3 Å². The highest BCUT2D eigenvalue weighted by molar-refractivity contribution is 7.99. The molecule has 0 aliphatic carbocycles. The molecule has 0 aromatic heterocycles. The lowest BCUT2D eigenvalue weighted by atomic mass is 10.0. The number of thioether (sulfide) groups is 1. The van der Waals surface area contributed by atoms with Gasteiger partial charge in [0.05, 0.1) is 17.2 Å². The Hall–Kier alpha value is -0.220. The number of ether oxygens (including phenoxy) is 1. The second-order valence-electron chi connectivity index (χ2n) is 4.62. The predicted molar refractivity (Wildman–Crippen MR) is 76.4 cm³/mol. The molecule has 1 fully saturated rings. The van der Waals surface area contributed by atoms with Gasteiger partial charge < -0.3 is 9.84 Å². The van der Waals surface area contributed by atoms with Crippen molar-refractivity contribution >= 4 is 23.4 Å². The Morgan fingerprint density at radius 3 is 2.94 bits per heavy atom. The quantitative estimate of drug-likeness (QED) is 0.836. The molecule has 1 heterocycles. The van der Waals surface area contributed by atoms with Crippen LogP contribution in [0.3, 0.4) is 0 Å². The Balaban J connectivity index is 1.74. The van der Waals surface area contributed by atoms with Crippen LogP contribution in [0.15, 0.2) is 29.2 Å². The summed E-state index contributed by atoms with van der Waals surface area (Å²) in [6, 6.07) is 7.74. The number of hydrogen-bond acceptors (Lipinski definition) is 3. The second-order valence-corrected chi connectivity index (χ2v) is 6.09. The molecule has 18 heavy (non-hydrogen) atoms. The summed E-state index contributed by atoms with van der Waals surface area (Å²) in [6.45, 7) is 0.842. The van der Waals surface area contributed by atoms with E-state index in [1.165, 1.54) is 6.42 Å². The van der Waals surface area contributed by atoms with E-state index in [1.54, 1.807) is 11.8 Å². The zero-order chi connectivity index (χ0) is 12.8. The second kappa shape index (κ2) is 7.39. The van der Waals surface area contributed by atoms with E-state index in [0.717, 1.165) is 35.8 Å². The van der Waals surface area contributed by atoms with Crippen molar-refractivity contribution < 1.29 is 9.84 Å². The molecule has 4 heteroatoms. The molecule has 2 nitrogen and oxygen atoms in total. The van der Waals surface area contributed by atoms with Crippen molar-refractivity contribution in [1.29, 1.82) is 0 Å². The van der Waals surface area contributed by atoms with Crippen molar-refractivity contribution in [3.8, 4) is 0 Å². The molecule has 0 radical (unpaired) electrons. The molecule has 1 aliphatic rings. The molecule has 1 aromatic rings. The fourth-order valence-corrected chi connectivity index (χ4v) is 3.30. The van der Waals surface area contributed by atoms with E-state index in [-0.39, 0.29) is 12.2 Å². The Kier molecular flexibility index (Phi) is 5.83. The predicted octanol–water partition coefficient (Wildman–Crippen LogP) is 3.75. The minimum absolute atomic E-state index is 0.237. The van der Waals surface area contributed by atoms with E-state index in [2.05, 4.69) is 0 Å². The SMILES string of the molecule is OC(CSc1ccccc1Cl)CC1CCCCO1. The van der Waals surface area contributed by atoms with Gasteiger partial charge in [0.1, 0.15) is 0 Å². The summed E-state index contributed by atoms with van der Waals surface area (Å²) in [5, 5.41) is 10.8. The highest BCUT2D eigenvalue weighted by atomic mass is 35.5. The van der Waals surface area contributed by atoms with Crippen LogP contribution < -0.4 is 0 Å². The lowest BCUT2D eigenvalue weighted by molar-refractivity contribution is -0.0108. The third kappa shape index (κ3) is 4.47. The zero-order valence-electron chi connectivity index (χ0n) is 10.3. The number of halogens is 1. The van der Waals surface area contributed by atoms with Gasteiger partial charge in [-0.1, -0.05) is 23.7 Å². The van der Waals surface area contributed by atoms with E-state index in [0.29, 0.717) is 5.75 Å². The van der Waals surface area contributed by atoms with Gasteiger partial charge in [0.15, 0.2) is 0 Å². The summed E-state index contributed by atoms with van der Waals surface area (Å²) in [5.41, 5.74) is 0. The van der Waals surface area contributed by atoms with E-state index < -0.39 is 0 Å². The van der Waals surface area contributed by atoms with Crippen LogP contribution in [0.1, 0.15) is 25.7 Å². The summed E-state index contributed by atoms with van der Waals surface area (Å²) in [6.07, 6.45) is 4.09. The fraction of sp³-hybridized carbons (Fsp3) is 0.571. The molecule has 2 unspecified atom stereocenters. The molecule has 1 aliphatic heterocycles. The average molecular weight is 287 g/mol. The minimum atomic E-state index is -0.325. The van der Waals surface area contributed by atoms with Crippen molar-refractivity contribution in [1.82, 2.24) is 0 Å². The fourth-order valence-electron chi connectivity index (χ4n) is 2.11. The summed E-state index contributed by atoms with van der Waals surface area (Å²) < 4.78 is 5.63. The molecule has 1 N–H and O–H groups in total. The van der Waals surface area contributed by atoms with Gasteiger partial charge in [0.25, 0.3) is 0 Å². The van der Waals surface area contributed by atoms with Crippen molar-refractivity contribution in [2.45, 2.75) is 42.8 Å². The van der Waals surface area contributed by atoms with Gasteiger partial charge in [-0.25, -0.2) is 0 Å². The Bertz CT molecular complexity index is 367. The van der Waals surface area contributed by atoms with Gasteiger partial charge in [0.2, 0.25) is 0 Å². The van der Waals surface area contributed by atoms with Crippen LogP contribution in [0.4, 0.5) is 0 Å². The molecule has 0 bridgehead atoms. The Morgan fingerprint density at radius 2 is 2.22 bits per heavy atom. The Morgan fingerprint density at radius 1 is 1.39 bits per heavy atom. The molecule has 0 spiro atoms. The third-order valence-corrected chi connectivity index (χ3v) is 4.74. The number of aliphatic hydroxyl groups excluding tert-OH is 1. The number of aliphatic hydroxyl groups is 1. The highest BCUT2D eigenvalue weighted by Crippen LogP contribution is 2.28. The van der Waals surface area contributed by atoms with Gasteiger partial charge in [-0.3, -0.25) is 0 Å². The molecule has 0 amide bonds. The van der Waals surface area contributed by atoms with Crippen LogP contribution in [0.25, 0.3) is 0 Å². The minimum Gasteiger partial charge on any atom is -0.392 e. The summed E-state index contributed by atoms with van der Waals surface area (Å²) in [4.78, 5) is 1.03. The first kappa shape index (κ1) is 14.2. The first-order valence-electron chi connectivity index (χ1n) is 6.42. The van der Waals surface area contributed by atoms with E-state index in [1.807, 2.05) is 24.3 Å². The average Bonchev–Trinajstić information content (AvgIpc) is 2.39. The van der Waals surface area contributed by atoms with E-state index in [9.17, 15) is 5.11 Å². The molecular weight excluding hydrogens is 268 g/mol. The first-order chi connectivity index (χ1) is 8.75. The number of rotatable bonds is 5. The standard InChI is InChI=1S/C14H19ClO2S/c15-13-6-1-2-7-14(13)18-10-11(16)9-12-5-3-4-8-17-12/h1-2,6-7,11-12,16H,3-5,8-10H2. The van der Waals surface area contributed by atoms with Gasteiger partial charge >= 0.3 is 0 Å². The van der Waals surface area contributed by atoms with Crippen LogP contribution in [0.5, 0.6) is 0 Å². The largest absolute Gasteiger partial charge is 0.392 e. The maximum absolute atomic E-state index is 10.0. The maximum Gasteiger partial charge on any atom is 0.0658 e. The summed E-state index contributed by atoms with van der Waals surface area (Å²) in [7, 11) is 0. The molecule has 100 valence electrons. The van der Waals surface area contributed by atoms with Crippen LogP contribution in [0.2, 0.25) is 5.02 Å². The third-order valence-electron chi connectivity index (χ3n) is 3.08.